The van der Waals surface area contributed by atoms with Crippen LogP contribution in [-0.4, -0.2) is 47.1 Å². The molecule has 1 amide bonds. The highest BCUT2D eigenvalue weighted by Crippen LogP contribution is 2.33. The molecular formula is C23H22F3N3O5. The maximum absolute atomic E-state index is 12.7. The number of carbonyl (C=O) groups excluding carboxylic acids is 1. The third-order valence-corrected chi connectivity index (χ3v) is 5.01. The van der Waals surface area contributed by atoms with Gasteiger partial charge in [0.2, 0.25) is 5.91 Å². The van der Waals surface area contributed by atoms with Crippen LogP contribution in [-0.2, 0) is 16.0 Å². The molecule has 1 atom stereocenters. The number of benzene rings is 2. The molecule has 1 aliphatic rings. The Balaban J connectivity index is 0.000000406. The number of H-pyrrole nitrogens is 1. The van der Waals surface area contributed by atoms with Crippen LogP contribution in [0.2, 0.25) is 0 Å². The topological polar surface area (TPSA) is 114 Å². The van der Waals surface area contributed by atoms with Crippen LogP contribution in [0.4, 0.5) is 18.9 Å². The summed E-state index contributed by atoms with van der Waals surface area (Å²) in [6, 6.07) is 11.7. The minimum absolute atomic E-state index is 0.0553. The SMILES string of the molecule is COc1cc(NC(=O)C2COc3ccc(C)cc3C2)ccc1-c1cn[nH]c1.O=C(O)C(F)(F)F. The fraction of sp³-hybridized carbons (Fsp3) is 0.261. The molecule has 0 saturated carbocycles. The summed E-state index contributed by atoms with van der Waals surface area (Å²) in [5.74, 6) is -1.49. The molecule has 8 nitrogen and oxygen atoms in total. The zero-order valence-corrected chi connectivity index (χ0v) is 18.3. The molecule has 0 radical (unpaired) electrons. The van der Waals surface area contributed by atoms with Gasteiger partial charge in [-0.3, -0.25) is 9.89 Å². The largest absolute Gasteiger partial charge is 0.496 e. The van der Waals surface area contributed by atoms with Crippen LogP contribution in [0.25, 0.3) is 11.1 Å². The van der Waals surface area contributed by atoms with Gasteiger partial charge in [0.05, 0.1) is 19.2 Å². The van der Waals surface area contributed by atoms with Gasteiger partial charge in [-0.25, -0.2) is 4.79 Å². The number of carboxylic acids is 1. The number of anilines is 1. The number of nitrogens with zero attached hydrogens (tertiary/aromatic N) is 1. The Morgan fingerprint density at radius 1 is 1.24 bits per heavy atom. The number of hydrogen-bond acceptors (Lipinski definition) is 5. The number of halogens is 3. The lowest BCUT2D eigenvalue weighted by Crippen LogP contribution is -2.32. The lowest BCUT2D eigenvalue weighted by atomic mass is 9.94. The molecule has 0 aliphatic carbocycles. The fourth-order valence-electron chi connectivity index (χ4n) is 3.34. The minimum atomic E-state index is -5.08. The van der Waals surface area contributed by atoms with Gasteiger partial charge in [-0.05, 0) is 37.1 Å². The van der Waals surface area contributed by atoms with Gasteiger partial charge >= 0.3 is 12.1 Å². The number of aryl methyl sites for hydroxylation is 1. The molecule has 0 fully saturated rings. The van der Waals surface area contributed by atoms with E-state index in [1.165, 1.54) is 0 Å². The number of alkyl halides is 3. The zero-order chi connectivity index (χ0) is 24.9. The molecule has 34 heavy (non-hydrogen) atoms. The van der Waals surface area contributed by atoms with Crippen molar-refractivity contribution in [2.45, 2.75) is 19.5 Å². The van der Waals surface area contributed by atoms with Crippen LogP contribution >= 0.6 is 0 Å². The second-order valence-electron chi connectivity index (χ2n) is 7.52. The molecule has 0 saturated heterocycles. The minimum Gasteiger partial charge on any atom is -0.496 e. The summed E-state index contributed by atoms with van der Waals surface area (Å²) in [5, 5.41) is 16.9. The monoisotopic (exact) mass is 477 g/mol. The predicted molar refractivity (Wildman–Crippen MR) is 117 cm³/mol. The lowest BCUT2D eigenvalue weighted by Gasteiger charge is -2.25. The molecule has 0 bridgehead atoms. The number of carboxylic acid groups (broad SMARTS) is 1. The molecule has 1 unspecified atom stereocenters. The van der Waals surface area contributed by atoms with E-state index in [9.17, 15) is 18.0 Å². The first-order valence-corrected chi connectivity index (χ1v) is 10.1. The standard InChI is InChI=1S/C21H21N3O3.C2HF3O2/c1-13-3-6-19-14(7-13)8-15(12-27-19)21(25)24-17-4-5-18(20(9-17)26-2)16-10-22-23-11-16;3-2(4,5)1(6)7/h3-7,9-11,15H,8,12H2,1-2H3,(H,22,23)(H,24,25);(H,6,7). The molecule has 3 N–H and O–H groups in total. The zero-order valence-electron chi connectivity index (χ0n) is 18.3. The number of fused-ring (bicyclic) bond motifs is 1. The van der Waals surface area contributed by atoms with Crippen molar-refractivity contribution in [1.29, 1.82) is 0 Å². The Morgan fingerprint density at radius 2 is 1.97 bits per heavy atom. The molecule has 2 aromatic carbocycles. The number of aliphatic carboxylic acids is 1. The Bertz CT molecular complexity index is 1160. The van der Waals surface area contributed by atoms with Crippen molar-refractivity contribution in [3.8, 4) is 22.6 Å². The van der Waals surface area contributed by atoms with E-state index >= 15 is 0 Å². The Labute approximate surface area is 192 Å². The third-order valence-electron chi connectivity index (χ3n) is 5.01. The normalized spacial score (nSPS) is 14.7. The van der Waals surface area contributed by atoms with Crippen molar-refractivity contribution in [2.75, 3.05) is 19.0 Å². The highest BCUT2D eigenvalue weighted by atomic mass is 19.4. The number of aromatic amines is 1. The lowest BCUT2D eigenvalue weighted by molar-refractivity contribution is -0.192. The Kier molecular flexibility index (Phi) is 7.44. The highest BCUT2D eigenvalue weighted by molar-refractivity contribution is 5.93. The molecule has 180 valence electrons. The van der Waals surface area contributed by atoms with Crippen molar-refractivity contribution in [2.24, 2.45) is 5.92 Å². The molecule has 0 spiro atoms. The highest BCUT2D eigenvalue weighted by Gasteiger charge is 2.38. The first-order valence-electron chi connectivity index (χ1n) is 10.1. The number of methoxy groups -OCH3 is 1. The van der Waals surface area contributed by atoms with Gasteiger partial charge < -0.3 is 19.9 Å². The number of amides is 1. The summed E-state index contributed by atoms with van der Waals surface area (Å²) >= 11 is 0. The first-order chi connectivity index (χ1) is 16.1. The van der Waals surface area contributed by atoms with E-state index in [1.54, 1.807) is 19.5 Å². The van der Waals surface area contributed by atoms with Gasteiger partial charge in [-0.15, -0.1) is 0 Å². The molecule has 11 heteroatoms. The van der Waals surface area contributed by atoms with E-state index in [1.807, 2.05) is 37.3 Å². The molecule has 3 aromatic rings. The Morgan fingerprint density at radius 3 is 2.59 bits per heavy atom. The summed E-state index contributed by atoms with van der Waals surface area (Å²) in [6.45, 7) is 2.42. The van der Waals surface area contributed by atoms with E-state index in [2.05, 4.69) is 21.6 Å². The van der Waals surface area contributed by atoms with Crippen LogP contribution in [0.1, 0.15) is 11.1 Å². The summed E-state index contributed by atoms with van der Waals surface area (Å²) in [6.07, 6.45) is -0.878. The van der Waals surface area contributed by atoms with Crippen LogP contribution in [0.15, 0.2) is 48.8 Å². The summed E-state index contributed by atoms with van der Waals surface area (Å²) in [7, 11) is 1.61. The number of aromatic nitrogens is 2. The number of rotatable bonds is 4. The van der Waals surface area contributed by atoms with Gasteiger partial charge in [0.1, 0.15) is 18.1 Å². The second kappa shape index (κ2) is 10.3. The van der Waals surface area contributed by atoms with Crippen LogP contribution in [0.5, 0.6) is 11.5 Å². The summed E-state index contributed by atoms with van der Waals surface area (Å²) < 4.78 is 43.0. The average molecular weight is 477 g/mol. The fourth-order valence-corrected chi connectivity index (χ4v) is 3.34. The summed E-state index contributed by atoms with van der Waals surface area (Å²) in [4.78, 5) is 21.6. The van der Waals surface area contributed by atoms with E-state index in [0.717, 1.165) is 28.0 Å². The molecule has 1 aromatic heterocycles. The van der Waals surface area contributed by atoms with Crippen molar-refractivity contribution < 1.29 is 37.3 Å². The predicted octanol–water partition coefficient (Wildman–Crippen LogP) is 4.22. The van der Waals surface area contributed by atoms with Crippen molar-refractivity contribution in [3.63, 3.8) is 0 Å². The number of ether oxygens (including phenoxy) is 2. The van der Waals surface area contributed by atoms with E-state index in [0.29, 0.717) is 24.5 Å². The van der Waals surface area contributed by atoms with Crippen molar-refractivity contribution in [1.82, 2.24) is 10.2 Å². The average Bonchev–Trinajstić information content (AvgIpc) is 3.33. The maximum Gasteiger partial charge on any atom is 0.490 e. The molecule has 2 heterocycles. The molecular weight excluding hydrogens is 455 g/mol. The van der Waals surface area contributed by atoms with E-state index < -0.39 is 12.1 Å². The van der Waals surface area contributed by atoms with Gasteiger partial charge in [-0.2, -0.15) is 18.3 Å². The van der Waals surface area contributed by atoms with Gasteiger partial charge in [-0.1, -0.05) is 17.7 Å². The quantitative estimate of drug-likeness (QED) is 0.519. The van der Waals surface area contributed by atoms with Crippen molar-refractivity contribution in [3.05, 3.63) is 59.9 Å². The Hall–Kier alpha value is -4.02. The van der Waals surface area contributed by atoms with Gasteiger partial charge in [0.15, 0.2) is 0 Å². The molecule has 1 aliphatic heterocycles. The third kappa shape index (κ3) is 6.06. The smallest absolute Gasteiger partial charge is 0.490 e. The number of nitrogens with one attached hydrogen (secondary N) is 2. The number of carbonyl (C=O) groups is 2. The molecule has 4 rings (SSSR count). The van der Waals surface area contributed by atoms with Gasteiger partial charge in [0.25, 0.3) is 0 Å². The summed E-state index contributed by atoms with van der Waals surface area (Å²) in [5.41, 5.74) is 4.78. The van der Waals surface area contributed by atoms with Crippen LogP contribution in [0, 0.1) is 12.8 Å². The van der Waals surface area contributed by atoms with E-state index in [-0.39, 0.29) is 11.8 Å². The van der Waals surface area contributed by atoms with Crippen LogP contribution < -0.4 is 14.8 Å². The first kappa shape index (κ1) is 24.6. The second-order valence-corrected chi connectivity index (χ2v) is 7.52. The van der Waals surface area contributed by atoms with Crippen molar-refractivity contribution >= 4 is 17.6 Å². The van der Waals surface area contributed by atoms with Crippen LogP contribution in [0.3, 0.4) is 0 Å². The maximum atomic E-state index is 12.7. The van der Waals surface area contributed by atoms with E-state index in [4.69, 9.17) is 19.4 Å². The van der Waals surface area contributed by atoms with Gasteiger partial charge in [0, 0.05) is 29.1 Å². The number of hydrogen-bond donors (Lipinski definition) is 3.